The van der Waals surface area contributed by atoms with E-state index in [4.69, 9.17) is 21.1 Å². The van der Waals surface area contributed by atoms with Crippen LogP contribution in [-0.2, 0) is 26.6 Å². The molecule has 2 N–H and O–H groups in total. The van der Waals surface area contributed by atoms with Gasteiger partial charge in [0.15, 0.2) is 0 Å². The molecule has 0 saturated heterocycles. The zero-order valence-corrected chi connectivity index (χ0v) is 29.4. The molecule has 8 nitrogen and oxygen atoms in total. The molecule has 1 aliphatic heterocycles. The number of anilines is 1. The summed E-state index contributed by atoms with van der Waals surface area (Å²) in [5.74, 6) is 0.657. The first-order valence-electron chi connectivity index (χ1n) is 16.9. The molecule has 3 aliphatic rings. The van der Waals surface area contributed by atoms with Crippen LogP contribution in [0.5, 0.6) is 5.75 Å². The quantitative estimate of drug-likeness (QED) is 0.229. The fraction of sp³-hybridized carbons (Fsp3) is 0.541. The zero-order chi connectivity index (χ0) is 33.8. The molecule has 1 fully saturated rings. The number of carbonyl (C=O) groups excluding carboxylic acids is 1. The van der Waals surface area contributed by atoms with Crippen LogP contribution in [0.3, 0.4) is 0 Å². The number of unbranched alkanes of at least 4 members (excludes halogenated alkanes) is 1. The van der Waals surface area contributed by atoms with Crippen molar-refractivity contribution in [2.24, 2.45) is 11.8 Å². The minimum atomic E-state index is -4.15. The van der Waals surface area contributed by atoms with Crippen LogP contribution in [0.4, 0.5) is 5.69 Å². The smallest absolute Gasteiger partial charge is 0.264 e. The van der Waals surface area contributed by atoms with Gasteiger partial charge in [-0.05, 0) is 105 Å². The maximum absolute atomic E-state index is 13.4. The first-order valence-corrected chi connectivity index (χ1v) is 18.8. The standard InChI is InChI=1S/C37H49ClN2O6S/c1-5-7-8-12-34(45-4)30-16-13-28(30)22-40-23-37(19-9-11-26-20-29(38)15-17-31(26)37)24-46-35-18-14-27(21-32(35)40)36(42)39-47(43,44)25(3)33(41)10-6-2/h6,8,12,14-15,17-18,20-21,25,28,30,33-34,41H,2,5,7,9-11,13,16,19,22-24H2,1,3-4H3,(H,39,42)/b12-8+/t25-,28+,30-,33+,34+,37+/m1/s1. The van der Waals surface area contributed by atoms with Gasteiger partial charge in [-0.1, -0.05) is 49.2 Å². The van der Waals surface area contributed by atoms with E-state index in [0.717, 1.165) is 62.2 Å². The van der Waals surface area contributed by atoms with Crippen LogP contribution in [0.25, 0.3) is 0 Å². The molecule has 2 aliphatic carbocycles. The number of allylic oxidation sites excluding steroid dienone is 1. The molecule has 2 aromatic rings. The van der Waals surface area contributed by atoms with Crippen molar-refractivity contribution in [2.45, 2.75) is 88.1 Å². The number of aliphatic hydroxyl groups excluding tert-OH is 1. The number of benzene rings is 2. The lowest BCUT2D eigenvalue weighted by atomic mass is 9.68. The number of fused-ring (bicyclic) bond motifs is 3. The number of hydrogen-bond acceptors (Lipinski definition) is 7. The summed E-state index contributed by atoms with van der Waals surface area (Å²) < 4.78 is 40.7. The molecule has 10 heteroatoms. The number of methoxy groups -OCH3 is 1. The largest absolute Gasteiger partial charge is 0.490 e. The Labute approximate surface area is 285 Å². The molecule has 1 saturated carbocycles. The minimum Gasteiger partial charge on any atom is -0.490 e. The molecule has 6 atom stereocenters. The maximum Gasteiger partial charge on any atom is 0.264 e. The van der Waals surface area contributed by atoms with Gasteiger partial charge in [0.1, 0.15) is 11.0 Å². The van der Waals surface area contributed by atoms with Crippen molar-refractivity contribution in [3.8, 4) is 5.75 Å². The topological polar surface area (TPSA) is 105 Å². The van der Waals surface area contributed by atoms with Gasteiger partial charge in [-0.2, -0.15) is 0 Å². The number of aryl methyl sites for hydroxylation is 1. The second-order valence-electron chi connectivity index (χ2n) is 13.5. The van der Waals surface area contributed by atoms with E-state index >= 15 is 0 Å². The van der Waals surface area contributed by atoms with E-state index in [0.29, 0.717) is 30.7 Å². The highest BCUT2D eigenvalue weighted by Gasteiger charge is 2.44. The molecule has 47 heavy (non-hydrogen) atoms. The molecule has 0 aromatic heterocycles. The lowest BCUT2D eigenvalue weighted by molar-refractivity contribution is 0.0132. The van der Waals surface area contributed by atoms with E-state index in [2.05, 4.69) is 47.4 Å². The van der Waals surface area contributed by atoms with E-state index in [9.17, 15) is 18.3 Å². The van der Waals surface area contributed by atoms with Crippen LogP contribution >= 0.6 is 11.6 Å². The maximum atomic E-state index is 13.4. The number of rotatable bonds is 13. The second kappa shape index (κ2) is 15.1. The number of ether oxygens (including phenoxy) is 2. The van der Waals surface area contributed by atoms with Gasteiger partial charge in [-0.25, -0.2) is 13.1 Å². The van der Waals surface area contributed by atoms with Crippen LogP contribution in [0, 0.1) is 11.8 Å². The van der Waals surface area contributed by atoms with Crippen LogP contribution in [0.15, 0.2) is 61.2 Å². The molecule has 256 valence electrons. The van der Waals surface area contributed by atoms with Crippen molar-refractivity contribution in [1.82, 2.24) is 4.72 Å². The van der Waals surface area contributed by atoms with E-state index < -0.39 is 27.3 Å². The first kappa shape index (κ1) is 35.5. The van der Waals surface area contributed by atoms with E-state index in [1.54, 1.807) is 25.3 Å². The number of aliphatic hydroxyl groups is 1. The summed E-state index contributed by atoms with van der Waals surface area (Å²) >= 11 is 6.43. The van der Waals surface area contributed by atoms with Gasteiger partial charge in [0.25, 0.3) is 5.91 Å². The van der Waals surface area contributed by atoms with Gasteiger partial charge in [-0.15, -0.1) is 6.58 Å². The number of carbonyl (C=O) groups is 1. The third kappa shape index (κ3) is 7.74. The van der Waals surface area contributed by atoms with Crippen LogP contribution in [0.2, 0.25) is 5.02 Å². The molecule has 1 amide bonds. The number of nitrogens with zero attached hydrogens (tertiary/aromatic N) is 1. The second-order valence-corrected chi connectivity index (χ2v) is 16.0. The van der Waals surface area contributed by atoms with Crippen molar-refractivity contribution < 1.29 is 27.8 Å². The van der Waals surface area contributed by atoms with Crippen molar-refractivity contribution in [3.63, 3.8) is 0 Å². The predicted molar refractivity (Wildman–Crippen MR) is 188 cm³/mol. The number of amides is 1. The Hall–Kier alpha value is -2.85. The summed E-state index contributed by atoms with van der Waals surface area (Å²) in [7, 11) is -2.37. The summed E-state index contributed by atoms with van der Waals surface area (Å²) in [6.07, 6.45) is 12.0. The molecule has 0 radical (unpaired) electrons. The van der Waals surface area contributed by atoms with E-state index in [-0.39, 0.29) is 23.5 Å². The molecular formula is C37H49ClN2O6S. The summed E-state index contributed by atoms with van der Waals surface area (Å²) in [5, 5.41) is 9.81. The van der Waals surface area contributed by atoms with E-state index in [1.165, 1.54) is 24.1 Å². The Bertz CT molecular complexity index is 1580. The van der Waals surface area contributed by atoms with Gasteiger partial charge < -0.3 is 19.5 Å². The lowest BCUT2D eigenvalue weighted by Crippen LogP contribution is -2.49. The van der Waals surface area contributed by atoms with Crippen LogP contribution < -0.4 is 14.4 Å². The average molecular weight is 685 g/mol. The van der Waals surface area contributed by atoms with Gasteiger partial charge in [0.05, 0.1) is 24.5 Å². The van der Waals surface area contributed by atoms with Crippen molar-refractivity contribution >= 4 is 33.2 Å². The molecular weight excluding hydrogens is 636 g/mol. The predicted octanol–water partition coefficient (Wildman–Crippen LogP) is 6.60. The molecule has 5 rings (SSSR count). The number of nitrogens with one attached hydrogen (secondary N) is 1. The molecule has 1 spiro atoms. The Morgan fingerprint density at radius 3 is 2.79 bits per heavy atom. The summed E-state index contributed by atoms with van der Waals surface area (Å²) in [6, 6.07) is 11.3. The first-order chi connectivity index (χ1) is 22.5. The monoisotopic (exact) mass is 684 g/mol. The number of sulfonamides is 1. The summed E-state index contributed by atoms with van der Waals surface area (Å²) in [5.41, 5.74) is 3.21. The Kier molecular flexibility index (Phi) is 11.4. The fourth-order valence-corrected chi connectivity index (χ4v) is 8.72. The highest BCUT2D eigenvalue weighted by atomic mass is 35.5. The number of halogens is 1. The normalized spacial score (nSPS) is 24.3. The van der Waals surface area contributed by atoms with Gasteiger partial charge in [0.2, 0.25) is 10.0 Å². The molecule has 1 heterocycles. The fourth-order valence-electron chi connectivity index (χ4n) is 7.44. The summed E-state index contributed by atoms with van der Waals surface area (Å²) in [4.78, 5) is 15.8. The molecule has 2 aromatic carbocycles. The third-order valence-corrected chi connectivity index (χ3v) is 12.4. The minimum absolute atomic E-state index is 0.0373. The van der Waals surface area contributed by atoms with Gasteiger partial charge in [0, 0.05) is 36.2 Å². The Balaban J connectivity index is 1.48. The Morgan fingerprint density at radius 1 is 1.28 bits per heavy atom. The van der Waals surface area contributed by atoms with Crippen molar-refractivity contribution in [2.75, 3.05) is 31.7 Å². The van der Waals surface area contributed by atoms with Gasteiger partial charge >= 0.3 is 0 Å². The Morgan fingerprint density at radius 2 is 2.09 bits per heavy atom. The van der Waals surface area contributed by atoms with Crippen molar-refractivity contribution in [1.29, 1.82) is 0 Å². The zero-order valence-electron chi connectivity index (χ0n) is 27.8. The lowest BCUT2D eigenvalue weighted by Gasteiger charge is -2.46. The van der Waals surface area contributed by atoms with Crippen LogP contribution in [0.1, 0.15) is 80.3 Å². The average Bonchev–Trinajstić information content (AvgIpc) is 3.18. The molecule has 0 bridgehead atoms. The SMILES string of the molecule is C=CC[C@H](O)[C@@H](C)S(=O)(=O)NC(=O)c1ccc2c(c1)N(C[C@@H]1CC[C@H]1[C@H](/C=C/CCC)OC)C[C@@]1(CCCc3cc(Cl)ccc31)CO2. The molecule has 0 unspecified atom stereocenters. The third-order valence-electron chi connectivity index (χ3n) is 10.4. The van der Waals surface area contributed by atoms with Crippen LogP contribution in [-0.4, -0.2) is 63.7 Å². The van der Waals surface area contributed by atoms with Crippen molar-refractivity contribution in [3.05, 3.63) is 82.9 Å². The van der Waals surface area contributed by atoms with Gasteiger partial charge in [-0.3, -0.25) is 4.79 Å². The summed E-state index contributed by atoms with van der Waals surface area (Å²) in [6.45, 7) is 9.04. The van der Waals surface area contributed by atoms with E-state index in [1.807, 2.05) is 6.07 Å². The number of hydrogen-bond donors (Lipinski definition) is 2. The highest BCUT2D eigenvalue weighted by molar-refractivity contribution is 7.90. The highest BCUT2D eigenvalue weighted by Crippen LogP contribution is 2.47.